The van der Waals surface area contributed by atoms with E-state index in [-0.39, 0.29) is 43.8 Å². The van der Waals surface area contributed by atoms with Crippen molar-refractivity contribution >= 4 is 53.2 Å². The second-order valence-electron chi connectivity index (χ2n) is 15.3. The van der Waals surface area contributed by atoms with Crippen LogP contribution in [0.2, 0.25) is 0 Å². The van der Waals surface area contributed by atoms with Crippen molar-refractivity contribution in [2.24, 2.45) is 34.8 Å². The number of carboxylic acid groups (broad SMARTS) is 1. The van der Waals surface area contributed by atoms with E-state index in [1.165, 1.54) is 24.3 Å². The van der Waals surface area contributed by atoms with E-state index in [4.69, 9.17) is 22.9 Å². The van der Waals surface area contributed by atoms with Gasteiger partial charge in [-0.1, -0.05) is 46.2 Å². The number of aliphatic hydroxyl groups is 1. The van der Waals surface area contributed by atoms with Crippen LogP contribution >= 0.6 is 0 Å². The number of aliphatic carboxylic acids is 1. The third-order valence-electron chi connectivity index (χ3n) is 9.59. The van der Waals surface area contributed by atoms with Crippen LogP contribution in [0.15, 0.2) is 24.3 Å². The van der Waals surface area contributed by atoms with Crippen LogP contribution in [0.5, 0.6) is 5.75 Å². The number of hydrogen-bond donors (Lipinski definition) is 13. The maximum Gasteiger partial charge on any atom is 0.326 e. The Morgan fingerprint density at radius 3 is 1.69 bits per heavy atom. The number of carboxylic acids is 1. The summed E-state index contributed by atoms with van der Waals surface area (Å²) >= 11 is 0. The molecule has 1 rings (SSSR count). The van der Waals surface area contributed by atoms with E-state index in [9.17, 15) is 58.5 Å². The molecule has 1 aromatic carbocycles. The van der Waals surface area contributed by atoms with Gasteiger partial charge in [0.1, 0.15) is 42.0 Å². The van der Waals surface area contributed by atoms with E-state index in [2.05, 4.69) is 31.9 Å². The second-order valence-corrected chi connectivity index (χ2v) is 15.3. The van der Waals surface area contributed by atoms with Crippen LogP contribution in [0, 0.1) is 11.8 Å². The molecule has 8 atom stereocenters. The highest BCUT2D eigenvalue weighted by molar-refractivity contribution is 5.97. The van der Waals surface area contributed by atoms with E-state index in [1.54, 1.807) is 27.7 Å². The number of nitrogens with one attached hydrogen (secondary N) is 6. The molecule has 1 aromatic rings. The fraction of sp³-hybridized carbons (Fsp3) is 0.615. The molecule has 0 heterocycles. The van der Waals surface area contributed by atoms with E-state index < -0.39 is 114 Å². The smallest absolute Gasteiger partial charge is 0.326 e. The first kappa shape index (κ1) is 53.1. The quantitative estimate of drug-likeness (QED) is 0.0350. The lowest BCUT2D eigenvalue weighted by Gasteiger charge is -2.29. The Hall–Kier alpha value is -5.87. The van der Waals surface area contributed by atoms with Crippen molar-refractivity contribution in [1.82, 2.24) is 31.9 Å². The number of amides is 8. The van der Waals surface area contributed by atoms with Crippen LogP contribution in [0.25, 0.3) is 0 Å². The van der Waals surface area contributed by atoms with Crippen molar-refractivity contribution in [3.8, 4) is 5.75 Å². The Balaban J connectivity index is 3.41. The fourth-order valence-electron chi connectivity index (χ4n) is 5.90. The zero-order chi connectivity index (χ0) is 46.4. The molecular weight excluding hydrogens is 800 g/mol. The van der Waals surface area contributed by atoms with Gasteiger partial charge >= 0.3 is 5.97 Å². The van der Waals surface area contributed by atoms with Crippen molar-refractivity contribution in [1.29, 1.82) is 0 Å². The third-order valence-corrected chi connectivity index (χ3v) is 9.59. The SMILES string of the molecule is CC[C@H](C)[C@H](NC(=O)[C@H](CCCCN)NC(=O)[C@@H](N)CC(N)=O)C(=O)N[C@@H](CO)C(=O)N[C@@H](Cc1ccc(O)cc1)C(=O)N[C@@H](CCC(N)=O)C(=O)N[C@@H](CC(C)C)C(=O)O. The van der Waals surface area contributed by atoms with Crippen LogP contribution in [0.4, 0.5) is 0 Å². The number of unbranched alkanes of at least 4 members (excludes halogenated alkanes) is 1. The standard InChI is InChI=1S/C39H64N10O12/c1-5-21(4)32(49-35(56)25(8-6-7-15-40)44-33(54)24(41)18-31(43)53)38(59)48-29(19-50)37(58)46-27(17-22-9-11-23(51)12-10-22)36(57)45-26(13-14-30(42)52)34(55)47-28(39(60)61)16-20(2)3/h9-12,20-21,24-29,32,50-51H,5-8,13-19,40-41H2,1-4H3,(H2,42,52)(H2,43,53)(H,44,54)(H,45,57)(H,46,58)(H,47,55)(H,48,59)(H,49,56)(H,60,61)/t21-,24-,25-,26-,27-,28-,29-,32-/m0/s1. The monoisotopic (exact) mass is 864 g/mol. The van der Waals surface area contributed by atoms with Crippen LogP contribution in [-0.2, 0) is 49.6 Å². The third kappa shape index (κ3) is 19.8. The Labute approximate surface area is 354 Å². The molecule has 22 nitrogen and oxygen atoms in total. The zero-order valence-electron chi connectivity index (χ0n) is 35.1. The highest BCUT2D eigenvalue weighted by atomic mass is 16.4. The van der Waals surface area contributed by atoms with E-state index >= 15 is 0 Å². The summed E-state index contributed by atoms with van der Waals surface area (Å²) in [7, 11) is 0. The molecule has 0 aromatic heterocycles. The van der Waals surface area contributed by atoms with Crippen molar-refractivity contribution in [2.75, 3.05) is 13.2 Å². The normalized spacial score (nSPS) is 15.0. The lowest BCUT2D eigenvalue weighted by Crippen LogP contribution is -2.61. The topological polar surface area (TPSA) is 391 Å². The van der Waals surface area contributed by atoms with Crippen molar-refractivity contribution < 1.29 is 58.5 Å². The van der Waals surface area contributed by atoms with Crippen LogP contribution in [-0.4, -0.2) is 124 Å². The van der Waals surface area contributed by atoms with Crippen molar-refractivity contribution in [3.63, 3.8) is 0 Å². The molecule has 17 N–H and O–H groups in total. The Morgan fingerprint density at radius 2 is 1.16 bits per heavy atom. The molecule has 0 saturated carbocycles. The minimum Gasteiger partial charge on any atom is -0.508 e. The predicted molar refractivity (Wildman–Crippen MR) is 220 cm³/mol. The van der Waals surface area contributed by atoms with Crippen LogP contribution in [0.1, 0.15) is 84.6 Å². The summed E-state index contributed by atoms with van der Waals surface area (Å²) in [5, 5.41) is 44.5. The molecule has 8 amide bonds. The molecule has 0 radical (unpaired) electrons. The molecule has 0 unspecified atom stereocenters. The highest BCUT2D eigenvalue weighted by Gasteiger charge is 2.35. The van der Waals surface area contributed by atoms with Gasteiger partial charge in [0.15, 0.2) is 0 Å². The average molecular weight is 865 g/mol. The second kappa shape index (κ2) is 27.1. The van der Waals surface area contributed by atoms with E-state index in [0.29, 0.717) is 31.4 Å². The first-order valence-electron chi connectivity index (χ1n) is 20.1. The number of aliphatic hydroxyl groups excluding tert-OH is 1. The largest absolute Gasteiger partial charge is 0.508 e. The van der Waals surface area contributed by atoms with Gasteiger partial charge < -0.3 is 70.2 Å². The molecule has 0 aliphatic carbocycles. The molecule has 0 bridgehead atoms. The number of carbonyl (C=O) groups excluding carboxylic acids is 8. The number of primary amides is 2. The lowest BCUT2D eigenvalue weighted by atomic mass is 9.97. The summed E-state index contributed by atoms with van der Waals surface area (Å²) in [5.74, 6) is -9.32. The van der Waals surface area contributed by atoms with Crippen LogP contribution < -0.4 is 54.8 Å². The highest BCUT2D eigenvalue weighted by Crippen LogP contribution is 2.14. The molecule has 0 saturated heterocycles. The molecule has 0 aliphatic heterocycles. The van der Waals surface area contributed by atoms with E-state index in [0.717, 1.165) is 0 Å². The zero-order valence-corrected chi connectivity index (χ0v) is 35.1. The summed E-state index contributed by atoms with van der Waals surface area (Å²) < 4.78 is 0. The number of nitrogens with two attached hydrogens (primary N) is 4. The Morgan fingerprint density at radius 1 is 0.656 bits per heavy atom. The van der Waals surface area contributed by atoms with Crippen molar-refractivity contribution in [2.45, 2.75) is 128 Å². The molecule has 342 valence electrons. The molecule has 22 heteroatoms. The summed E-state index contributed by atoms with van der Waals surface area (Å²) in [6.07, 6.45) is -0.109. The first-order chi connectivity index (χ1) is 28.6. The van der Waals surface area contributed by atoms with Gasteiger partial charge in [-0.2, -0.15) is 0 Å². The summed E-state index contributed by atoms with van der Waals surface area (Å²) in [6.45, 7) is 6.15. The number of phenols is 1. The van der Waals surface area contributed by atoms with Gasteiger partial charge in [-0.25, -0.2) is 4.79 Å². The predicted octanol–water partition coefficient (Wildman–Crippen LogP) is -3.39. The average Bonchev–Trinajstić information content (AvgIpc) is 3.19. The number of carbonyl (C=O) groups is 9. The fourth-order valence-corrected chi connectivity index (χ4v) is 5.90. The molecular formula is C39H64N10O12. The van der Waals surface area contributed by atoms with Gasteiger partial charge in [0.05, 0.1) is 19.1 Å². The summed E-state index contributed by atoms with van der Waals surface area (Å²) in [6, 6.07) is -4.42. The van der Waals surface area contributed by atoms with Gasteiger partial charge in [0.25, 0.3) is 0 Å². The minimum atomic E-state index is -1.71. The van der Waals surface area contributed by atoms with Gasteiger partial charge in [-0.05, 0) is 68.2 Å². The van der Waals surface area contributed by atoms with Gasteiger partial charge in [-0.3, -0.25) is 38.4 Å². The summed E-state index contributed by atoms with van der Waals surface area (Å²) in [5.41, 5.74) is 22.2. The van der Waals surface area contributed by atoms with Gasteiger partial charge in [-0.15, -0.1) is 0 Å². The summed E-state index contributed by atoms with van der Waals surface area (Å²) in [4.78, 5) is 116. The van der Waals surface area contributed by atoms with Gasteiger partial charge in [0.2, 0.25) is 47.3 Å². The van der Waals surface area contributed by atoms with E-state index in [1.807, 2.05) is 0 Å². The first-order valence-corrected chi connectivity index (χ1v) is 20.1. The minimum absolute atomic E-state index is 0.0476. The number of hydrogen-bond acceptors (Lipinski definition) is 13. The maximum absolute atomic E-state index is 13.9. The molecule has 0 aliphatic rings. The molecule has 0 fully saturated rings. The number of benzene rings is 1. The molecule has 61 heavy (non-hydrogen) atoms. The number of phenolic OH excluding ortho intramolecular Hbond substituents is 1. The van der Waals surface area contributed by atoms with Crippen LogP contribution in [0.3, 0.4) is 0 Å². The Bertz CT molecular complexity index is 1660. The maximum atomic E-state index is 13.9. The lowest BCUT2D eigenvalue weighted by molar-refractivity contribution is -0.143. The molecule has 0 spiro atoms. The van der Waals surface area contributed by atoms with Crippen molar-refractivity contribution in [3.05, 3.63) is 29.8 Å². The van der Waals surface area contributed by atoms with Gasteiger partial charge in [0, 0.05) is 12.8 Å². The number of aromatic hydroxyl groups is 1. The Kier molecular flexibility index (Phi) is 23.6. The number of rotatable bonds is 29.